The third-order valence-electron chi connectivity index (χ3n) is 1.15. The summed E-state index contributed by atoms with van der Waals surface area (Å²) in [5.41, 5.74) is 1.24. The van der Waals surface area contributed by atoms with Crippen LogP contribution >= 0.6 is 11.6 Å². The molecule has 0 bridgehead atoms. The van der Waals surface area contributed by atoms with Crippen molar-refractivity contribution >= 4 is 11.6 Å². The molecule has 0 saturated heterocycles. The van der Waals surface area contributed by atoms with E-state index in [0.717, 1.165) is 12.8 Å². The lowest BCUT2D eigenvalue weighted by Crippen LogP contribution is -1.75. The molecule has 0 heterocycles. The summed E-state index contributed by atoms with van der Waals surface area (Å²) in [6.45, 7) is 3.89. The van der Waals surface area contributed by atoms with E-state index in [1.54, 1.807) is 0 Å². The summed E-state index contributed by atoms with van der Waals surface area (Å²) in [5.74, 6) is 6.48. The van der Waals surface area contributed by atoms with Gasteiger partial charge >= 0.3 is 0 Å². The summed E-state index contributed by atoms with van der Waals surface area (Å²) < 4.78 is 0. The van der Waals surface area contributed by atoms with Gasteiger partial charge in [0.25, 0.3) is 0 Å². The highest BCUT2D eigenvalue weighted by Gasteiger charge is 1.82. The van der Waals surface area contributed by atoms with E-state index in [1.807, 2.05) is 13.8 Å². The molecule has 0 radical (unpaired) electrons. The van der Waals surface area contributed by atoms with Gasteiger partial charge in [0.15, 0.2) is 0 Å². The van der Waals surface area contributed by atoms with Gasteiger partial charge in [-0.3, -0.25) is 0 Å². The Labute approximate surface area is 68.3 Å². The third kappa shape index (κ3) is 5.72. The molecule has 0 aliphatic heterocycles. The van der Waals surface area contributed by atoms with E-state index in [1.165, 1.54) is 5.57 Å². The van der Waals surface area contributed by atoms with Crippen LogP contribution in [0, 0.1) is 11.8 Å². The highest BCUT2D eigenvalue weighted by Crippen LogP contribution is 1.99. The maximum absolute atomic E-state index is 5.56. The fraction of sp³-hybridized carbons (Fsp3) is 0.556. The zero-order valence-electron chi connectivity index (χ0n) is 6.58. The molecule has 10 heavy (non-hydrogen) atoms. The average molecular weight is 157 g/mol. The molecule has 0 aromatic carbocycles. The first-order chi connectivity index (χ1) is 4.81. The van der Waals surface area contributed by atoms with Gasteiger partial charge in [0.05, 0.1) is 0 Å². The van der Waals surface area contributed by atoms with Gasteiger partial charge in [-0.05, 0) is 20.3 Å². The highest BCUT2D eigenvalue weighted by molar-refractivity contribution is 6.19. The van der Waals surface area contributed by atoms with Gasteiger partial charge < -0.3 is 0 Å². The molecule has 0 spiro atoms. The minimum absolute atomic E-state index is 0.638. The Morgan fingerprint density at radius 3 is 2.80 bits per heavy atom. The molecule has 0 amide bonds. The van der Waals surface area contributed by atoms with E-state index in [9.17, 15) is 0 Å². The van der Waals surface area contributed by atoms with Crippen LogP contribution in [0.25, 0.3) is 0 Å². The first-order valence-corrected chi connectivity index (χ1v) is 3.96. The molecule has 0 aliphatic carbocycles. The molecule has 0 unspecified atom stereocenters. The molecule has 0 saturated carbocycles. The molecule has 0 rings (SSSR count). The standard InChI is InChI=1S/C9H13Cl/c1-3-4-5-6-7-9(2)8-10/h7H,5-6,8H2,1-2H3/b9-7+. The van der Waals surface area contributed by atoms with Crippen LogP contribution in [0.2, 0.25) is 0 Å². The molecule has 0 aromatic rings. The minimum atomic E-state index is 0.638. The maximum Gasteiger partial charge on any atom is 0.0430 e. The molecular formula is C9H13Cl. The van der Waals surface area contributed by atoms with Crippen LogP contribution in [-0.2, 0) is 0 Å². The van der Waals surface area contributed by atoms with Crippen molar-refractivity contribution in [3.05, 3.63) is 11.6 Å². The zero-order valence-corrected chi connectivity index (χ0v) is 7.33. The maximum atomic E-state index is 5.56. The Morgan fingerprint density at radius 2 is 2.30 bits per heavy atom. The van der Waals surface area contributed by atoms with Gasteiger partial charge in [0.2, 0.25) is 0 Å². The monoisotopic (exact) mass is 156 g/mol. The summed E-state index contributed by atoms with van der Waals surface area (Å²) in [6.07, 6.45) is 4.11. The van der Waals surface area contributed by atoms with E-state index in [0.29, 0.717) is 5.88 Å². The molecule has 0 fully saturated rings. The van der Waals surface area contributed by atoms with Crippen molar-refractivity contribution in [1.82, 2.24) is 0 Å². The van der Waals surface area contributed by atoms with E-state index < -0.39 is 0 Å². The second-order valence-corrected chi connectivity index (χ2v) is 2.42. The average Bonchev–Trinajstić information content (AvgIpc) is 1.98. The number of halogens is 1. The van der Waals surface area contributed by atoms with Gasteiger partial charge in [-0.15, -0.1) is 23.4 Å². The number of allylic oxidation sites excluding steroid dienone is 2. The summed E-state index contributed by atoms with van der Waals surface area (Å²) in [5, 5.41) is 0. The number of unbranched alkanes of at least 4 members (excludes halogenated alkanes) is 1. The fourth-order valence-electron chi connectivity index (χ4n) is 0.570. The quantitative estimate of drug-likeness (QED) is 0.255. The molecular weight excluding hydrogens is 144 g/mol. The van der Waals surface area contributed by atoms with Gasteiger partial charge in [0, 0.05) is 12.3 Å². The van der Waals surface area contributed by atoms with Crippen molar-refractivity contribution in [2.75, 3.05) is 5.88 Å². The van der Waals surface area contributed by atoms with Gasteiger partial charge in [-0.1, -0.05) is 11.6 Å². The molecule has 0 nitrogen and oxygen atoms in total. The van der Waals surface area contributed by atoms with Crippen LogP contribution < -0.4 is 0 Å². The van der Waals surface area contributed by atoms with Gasteiger partial charge in [-0.2, -0.15) is 0 Å². The largest absolute Gasteiger partial charge is 0.122 e. The zero-order chi connectivity index (χ0) is 7.82. The van der Waals surface area contributed by atoms with Crippen molar-refractivity contribution < 1.29 is 0 Å². The number of alkyl halides is 1. The van der Waals surface area contributed by atoms with Gasteiger partial charge in [-0.25, -0.2) is 0 Å². The van der Waals surface area contributed by atoms with Crippen molar-refractivity contribution in [3.63, 3.8) is 0 Å². The number of hydrogen-bond donors (Lipinski definition) is 0. The van der Waals surface area contributed by atoms with Crippen LogP contribution in [0.3, 0.4) is 0 Å². The first-order valence-electron chi connectivity index (χ1n) is 3.42. The summed E-state index contributed by atoms with van der Waals surface area (Å²) >= 11 is 5.56. The van der Waals surface area contributed by atoms with Crippen molar-refractivity contribution in [3.8, 4) is 11.8 Å². The van der Waals surface area contributed by atoms with E-state index in [-0.39, 0.29) is 0 Å². The topological polar surface area (TPSA) is 0 Å². The number of rotatable bonds is 3. The Balaban J connectivity index is 3.40. The fourth-order valence-corrected chi connectivity index (χ4v) is 0.679. The van der Waals surface area contributed by atoms with E-state index >= 15 is 0 Å². The second kappa shape index (κ2) is 6.71. The molecule has 0 aliphatic rings. The van der Waals surface area contributed by atoms with Crippen LogP contribution in [0.15, 0.2) is 11.6 Å². The van der Waals surface area contributed by atoms with E-state index in [2.05, 4.69) is 17.9 Å². The van der Waals surface area contributed by atoms with E-state index in [4.69, 9.17) is 11.6 Å². The van der Waals surface area contributed by atoms with Crippen molar-refractivity contribution in [1.29, 1.82) is 0 Å². The second-order valence-electron chi connectivity index (χ2n) is 2.15. The Bertz CT molecular complexity index is 157. The smallest absolute Gasteiger partial charge is 0.0430 e. The first kappa shape index (κ1) is 9.59. The lowest BCUT2D eigenvalue weighted by molar-refractivity contribution is 1.06. The van der Waals surface area contributed by atoms with Crippen molar-refractivity contribution in [2.45, 2.75) is 26.7 Å². The Morgan fingerprint density at radius 1 is 1.60 bits per heavy atom. The van der Waals surface area contributed by atoms with Crippen LogP contribution in [-0.4, -0.2) is 5.88 Å². The minimum Gasteiger partial charge on any atom is -0.122 e. The SMILES string of the molecule is CC#CCC/C=C(\C)CCl. The van der Waals surface area contributed by atoms with Crippen LogP contribution in [0.1, 0.15) is 26.7 Å². The van der Waals surface area contributed by atoms with Crippen LogP contribution in [0.4, 0.5) is 0 Å². The van der Waals surface area contributed by atoms with Crippen molar-refractivity contribution in [2.24, 2.45) is 0 Å². The number of hydrogen-bond acceptors (Lipinski definition) is 0. The third-order valence-corrected chi connectivity index (χ3v) is 1.57. The predicted octanol–water partition coefficient (Wildman–Crippen LogP) is 2.98. The highest BCUT2D eigenvalue weighted by atomic mass is 35.5. The molecule has 0 aromatic heterocycles. The normalized spacial score (nSPS) is 10.5. The molecule has 0 atom stereocenters. The summed E-state index contributed by atoms with van der Waals surface area (Å²) in [6, 6.07) is 0. The van der Waals surface area contributed by atoms with Crippen LogP contribution in [0.5, 0.6) is 0 Å². The summed E-state index contributed by atoms with van der Waals surface area (Å²) in [7, 11) is 0. The molecule has 1 heteroatoms. The lowest BCUT2D eigenvalue weighted by atomic mass is 10.2. The summed E-state index contributed by atoms with van der Waals surface area (Å²) in [4.78, 5) is 0. The Hall–Kier alpha value is -0.410. The Kier molecular flexibility index (Phi) is 6.43. The predicted molar refractivity (Wildman–Crippen MR) is 47.2 cm³/mol. The van der Waals surface area contributed by atoms with Gasteiger partial charge in [0.1, 0.15) is 0 Å². The molecule has 0 N–H and O–H groups in total. The molecule has 56 valence electrons. The lowest BCUT2D eigenvalue weighted by Gasteiger charge is -1.89.